The molecule has 2 N–H and O–H groups in total. The molecule has 1 aromatic rings. The highest BCUT2D eigenvalue weighted by Crippen LogP contribution is 2.12. The van der Waals surface area contributed by atoms with Gasteiger partial charge in [-0.05, 0) is 33.2 Å². The standard InChI is InChI=1S/C11H17N3O2/c1-7-10(8(2)16-14-7)11(15)13-9-4-3-5-12-6-9/h9,12H,3-6H2,1-2H3,(H,13,15)/t9-/m1/s1. The van der Waals surface area contributed by atoms with Crippen molar-refractivity contribution in [3.63, 3.8) is 0 Å². The van der Waals surface area contributed by atoms with E-state index >= 15 is 0 Å². The summed E-state index contributed by atoms with van der Waals surface area (Å²) in [6, 6.07) is 0.218. The maximum Gasteiger partial charge on any atom is 0.257 e. The van der Waals surface area contributed by atoms with Crippen molar-refractivity contribution in [1.29, 1.82) is 0 Å². The molecule has 0 unspecified atom stereocenters. The van der Waals surface area contributed by atoms with Crippen LogP contribution >= 0.6 is 0 Å². The molecule has 1 atom stereocenters. The fourth-order valence-corrected chi connectivity index (χ4v) is 2.04. The highest BCUT2D eigenvalue weighted by Gasteiger charge is 2.21. The van der Waals surface area contributed by atoms with E-state index in [-0.39, 0.29) is 11.9 Å². The molecule has 1 aromatic heterocycles. The van der Waals surface area contributed by atoms with Crippen LogP contribution in [0.3, 0.4) is 0 Å². The molecule has 5 nitrogen and oxygen atoms in total. The Morgan fingerprint density at radius 2 is 2.38 bits per heavy atom. The normalized spacial score (nSPS) is 20.8. The van der Waals surface area contributed by atoms with Gasteiger partial charge < -0.3 is 15.2 Å². The Morgan fingerprint density at radius 1 is 1.56 bits per heavy atom. The first kappa shape index (κ1) is 11.1. The SMILES string of the molecule is Cc1noc(C)c1C(=O)N[C@@H]1CCCNC1. The van der Waals surface area contributed by atoms with Crippen LogP contribution in [0.4, 0.5) is 0 Å². The van der Waals surface area contributed by atoms with Gasteiger partial charge in [-0.2, -0.15) is 0 Å². The summed E-state index contributed by atoms with van der Waals surface area (Å²) in [5, 5.41) is 10.0. The molecule has 0 spiro atoms. The van der Waals surface area contributed by atoms with Gasteiger partial charge in [0.25, 0.3) is 5.91 Å². The zero-order valence-electron chi connectivity index (χ0n) is 9.67. The van der Waals surface area contributed by atoms with Gasteiger partial charge in [0.2, 0.25) is 0 Å². The summed E-state index contributed by atoms with van der Waals surface area (Å²) in [6.45, 7) is 5.42. The number of carbonyl (C=O) groups is 1. The van der Waals surface area contributed by atoms with Crippen LogP contribution in [-0.2, 0) is 0 Å². The van der Waals surface area contributed by atoms with E-state index in [9.17, 15) is 4.79 Å². The first-order valence-electron chi connectivity index (χ1n) is 5.63. The third-order valence-corrected chi connectivity index (χ3v) is 2.89. The Labute approximate surface area is 94.6 Å². The number of hydrogen-bond donors (Lipinski definition) is 2. The van der Waals surface area contributed by atoms with Gasteiger partial charge >= 0.3 is 0 Å². The molecule has 0 bridgehead atoms. The van der Waals surface area contributed by atoms with Crippen LogP contribution in [0.25, 0.3) is 0 Å². The second kappa shape index (κ2) is 4.65. The maximum atomic E-state index is 12.0. The summed E-state index contributed by atoms with van der Waals surface area (Å²) >= 11 is 0. The molecule has 16 heavy (non-hydrogen) atoms. The van der Waals surface area contributed by atoms with Crippen LogP contribution in [0.1, 0.15) is 34.7 Å². The van der Waals surface area contributed by atoms with Crippen molar-refractivity contribution in [3.8, 4) is 0 Å². The summed E-state index contributed by atoms with van der Waals surface area (Å²) in [7, 11) is 0. The van der Waals surface area contributed by atoms with E-state index in [1.807, 2.05) is 0 Å². The molecule has 1 fully saturated rings. The predicted octanol–water partition coefficient (Wildman–Crippen LogP) is 0.773. The van der Waals surface area contributed by atoms with Crippen molar-refractivity contribution in [2.24, 2.45) is 0 Å². The maximum absolute atomic E-state index is 12.0. The number of amides is 1. The first-order valence-corrected chi connectivity index (χ1v) is 5.63. The van der Waals surface area contributed by atoms with Gasteiger partial charge in [-0.3, -0.25) is 4.79 Å². The van der Waals surface area contributed by atoms with Crippen LogP contribution in [0.2, 0.25) is 0 Å². The highest BCUT2D eigenvalue weighted by atomic mass is 16.5. The molecule has 1 aliphatic heterocycles. The average molecular weight is 223 g/mol. The minimum absolute atomic E-state index is 0.0787. The molecule has 88 valence electrons. The Kier molecular flexibility index (Phi) is 3.24. The van der Waals surface area contributed by atoms with Gasteiger partial charge in [-0.15, -0.1) is 0 Å². The Balaban J connectivity index is 2.02. The smallest absolute Gasteiger partial charge is 0.257 e. The quantitative estimate of drug-likeness (QED) is 0.777. The number of rotatable bonds is 2. The van der Waals surface area contributed by atoms with Crippen molar-refractivity contribution >= 4 is 5.91 Å². The van der Waals surface area contributed by atoms with Crippen molar-refractivity contribution in [3.05, 3.63) is 17.0 Å². The highest BCUT2D eigenvalue weighted by molar-refractivity contribution is 5.96. The number of aryl methyl sites for hydroxylation is 2. The van der Waals surface area contributed by atoms with Crippen molar-refractivity contribution in [2.45, 2.75) is 32.7 Å². The minimum Gasteiger partial charge on any atom is -0.361 e. The first-order chi connectivity index (χ1) is 7.68. The van der Waals surface area contributed by atoms with E-state index in [0.717, 1.165) is 25.9 Å². The zero-order chi connectivity index (χ0) is 11.5. The second-order valence-electron chi connectivity index (χ2n) is 4.22. The zero-order valence-corrected chi connectivity index (χ0v) is 9.67. The van der Waals surface area contributed by atoms with E-state index < -0.39 is 0 Å². The number of nitrogens with one attached hydrogen (secondary N) is 2. The Hall–Kier alpha value is -1.36. The number of carbonyl (C=O) groups excluding carboxylic acids is 1. The number of piperidine rings is 1. The second-order valence-corrected chi connectivity index (χ2v) is 4.22. The number of hydrogen-bond acceptors (Lipinski definition) is 4. The fourth-order valence-electron chi connectivity index (χ4n) is 2.04. The van der Waals surface area contributed by atoms with Crippen LogP contribution in [0, 0.1) is 13.8 Å². The van der Waals surface area contributed by atoms with E-state index in [1.54, 1.807) is 13.8 Å². The monoisotopic (exact) mass is 223 g/mol. The van der Waals surface area contributed by atoms with Gasteiger partial charge in [-0.1, -0.05) is 5.16 Å². The lowest BCUT2D eigenvalue weighted by molar-refractivity contribution is 0.0928. The van der Waals surface area contributed by atoms with Crippen molar-refractivity contribution in [2.75, 3.05) is 13.1 Å². The Bertz CT molecular complexity index is 361. The van der Waals surface area contributed by atoms with Gasteiger partial charge in [0, 0.05) is 12.6 Å². The molecule has 1 amide bonds. The van der Waals surface area contributed by atoms with Crippen molar-refractivity contribution < 1.29 is 9.32 Å². The van der Waals surface area contributed by atoms with E-state index in [0.29, 0.717) is 17.0 Å². The summed E-state index contributed by atoms with van der Waals surface area (Å²) in [6.07, 6.45) is 2.13. The van der Waals surface area contributed by atoms with Crippen molar-refractivity contribution in [1.82, 2.24) is 15.8 Å². The lowest BCUT2D eigenvalue weighted by Crippen LogP contribution is -2.45. The van der Waals surface area contributed by atoms with E-state index in [4.69, 9.17) is 4.52 Å². The summed E-state index contributed by atoms with van der Waals surface area (Å²) in [4.78, 5) is 12.0. The molecular weight excluding hydrogens is 206 g/mol. The fraction of sp³-hybridized carbons (Fsp3) is 0.636. The third kappa shape index (κ3) is 2.24. The van der Waals surface area contributed by atoms with E-state index in [1.165, 1.54) is 0 Å². The minimum atomic E-state index is -0.0787. The number of aromatic nitrogens is 1. The molecule has 0 saturated carbocycles. The Morgan fingerprint density at radius 3 is 2.94 bits per heavy atom. The molecule has 0 aliphatic carbocycles. The van der Waals surface area contributed by atoms with E-state index in [2.05, 4.69) is 15.8 Å². The van der Waals surface area contributed by atoms with Crippen LogP contribution < -0.4 is 10.6 Å². The van der Waals surface area contributed by atoms with Gasteiger partial charge in [0.15, 0.2) is 0 Å². The average Bonchev–Trinajstić information content (AvgIpc) is 2.60. The molecule has 1 aliphatic rings. The summed E-state index contributed by atoms with van der Waals surface area (Å²) in [5.74, 6) is 0.503. The summed E-state index contributed by atoms with van der Waals surface area (Å²) < 4.78 is 4.98. The lowest BCUT2D eigenvalue weighted by Gasteiger charge is -2.23. The molecule has 2 rings (SSSR count). The molecule has 0 aromatic carbocycles. The number of nitrogens with zero attached hydrogens (tertiary/aromatic N) is 1. The summed E-state index contributed by atoms with van der Waals surface area (Å²) in [5.41, 5.74) is 1.23. The van der Waals surface area contributed by atoms with Crippen LogP contribution in [-0.4, -0.2) is 30.2 Å². The predicted molar refractivity (Wildman–Crippen MR) is 59.3 cm³/mol. The van der Waals surface area contributed by atoms with Gasteiger partial charge in [0.05, 0.1) is 5.69 Å². The molecule has 0 radical (unpaired) electrons. The van der Waals surface area contributed by atoms with Gasteiger partial charge in [0.1, 0.15) is 11.3 Å². The molecule has 2 heterocycles. The molecule has 1 saturated heterocycles. The molecular formula is C11H17N3O2. The largest absolute Gasteiger partial charge is 0.361 e. The molecule has 5 heteroatoms. The van der Waals surface area contributed by atoms with Crippen LogP contribution in [0.15, 0.2) is 4.52 Å². The van der Waals surface area contributed by atoms with Gasteiger partial charge in [-0.25, -0.2) is 0 Å². The lowest BCUT2D eigenvalue weighted by atomic mass is 10.1. The third-order valence-electron chi connectivity index (χ3n) is 2.89. The van der Waals surface area contributed by atoms with Crippen LogP contribution in [0.5, 0.6) is 0 Å². The topological polar surface area (TPSA) is 67.2 Å².